The Kier molecular flexibility index (Phi) is 10.5. The second-order valence-electron chi connectivity index (χ2n) is 9.95. The topological polar surface area (TPSA) is 86.8 Å². The molecule has 0 radical (unpaired) electrons. The average molecular weight is 662 g/mol. The van der Waals surface area contributed by atoms with E-state index in [1.54, 1.807) is 36.4 Å². The number of amides is 2. The summed E-state index contributed by atoms with van der Waals surface area (Å²) in [5, 5.41) is 1.87. The van der Waals surface area contributed by atoms with E-state index in [0.717, 1.165) is 17.0 Å². The van der Waals surface area contributed by atoms with Gasteiger partial charge in [-0.15, -0.1) is 0 Å². The maximum atomic E-state index is 14.2. The molecule has 0 saturated carbocycles. The maximum Gasteiger partial charge on any atom is 0.417 e. The van der Waals surface area contributed by atoms with Crippen LogP contribution in [0.15, 0.2) is 108 Å². The van der Waals surface area contributed by atoms with Crippen molar-refractivity contribution in [1.82, 2.24) is 10.2 Å². The fourth-order valence-electron chi connectivity index (χ4n) is 4.64. The predicted octanol–water partition coefficient (Wildman–Crippen LogP) is 6.08. The fraction of sp³-hybridized carbons (Fsp3) is 0.188. The molecule has 7 nitrogen and oxygen atoms in total. The van der Waals surface area contributed by atoms with Crippen molar-refractivity contribution in [3.05, 3.63) is 131 Å². The molecule has 0 heterocycles. The van der Waals surface area contributed by atoms with Gasteiger partial charge in [0.15, 0.2) is 0 Å². The van der Waals surface area contributed by atoms with Crippen LogP contribution in [0, 0.1) is 5.82 Å². The molecule has 2 amide bonds. The number of carbonyl (C=O) groups excluding carboxylic acids is 2. The second-order valence-corrected chi connectivity index (χ2v) is 12.2. The Balaban J connectivity index is 1.83. The molecule has 0 saturated heterocycles. The molecule has 0 aliphatic heterocycles. The van der Waals surface area contributed by atoms with Crippen molar-refractivity contribution in [2.75, 3.05) is 17.9 Å². The van der Waals surface area contributed by atoms with Gasteiger partial charge in [0, 0.05) is 20.0 Å². The van der Waals surface area contributed by atoms with Crippen LogP contribution in [-0.2, 0) is 38.8 Å². The van der Waals surface area contributed by atoms with Crippen LogP contribution in [0.3, 0.4) is 0 Å². The van der Waals surface area contributed by atoms with E-state index in [2.05, 4.69) is 5.32 Å². The lowest BCUT2D eigenvalue weighted by molar-refractivity contribution is -0.139. The molecule has 13 heteroatoms. The largest absolute Gasteiger partial charge is 0.417 e. The Labute approximate surface area is 263 Å². The highest BCUT2D eigenvalue weighted by Gasteiger charge is 2.37. The van der Waals surface area contributed by atoms with Crippen molar-refractivity contribution in [1.29, 1.82) is 0 Å². The number of hydrogen-bond donors (Lipinski definition) is 1. The third kappa shape index (κ3) is 8.20. The fourth-order valence-corrected chi connectivity index (χ4v) is 6.29. The van der Waals surface area contributed by atoms with E-state index in [9.17, 15) is 35.6 Å². The summed E-state index contributed by atoms with van der Waals surface area (Å²) in [6.45, 7) is -1.21. The Morgan fingerprint density at radius 3 is 2.04 bits per heavy atom. The number of halogens is 5. The summed E-state index contributed by atoms with van der Waals surface area (Å²) in [6.07, 6.45) is -4.90. The Hall–Kier alpha value is -4.42. The monoisotopic (exact) mass is 661 g/mol. The molecule has 0 bridgehead atoms. The number of carbonyl (C=O) groups is 2. The van der Waals surface area contributed by atoms with Gasteiger partial charge >= 0.3 is 6.18 Å². The molecule has 0 aromatic heterocycles. The minimum absolute atomic E-state index is 0.0258. The molecule has 0 fully saturated rings. The van der Waals surface area contributed by atoms with Crippen LogP contribution in [0.5, 0.6) is 0 Å². The van der Waals surface area contributed by atoms with E-state index in [4.69, 9.17) is 11.6 Å². The Morgan fingerprint density at radius 2 is 1.47 bits per heavy atom. The molecule has 45 heavy (non-hydrogen) atoms. The molecule has 0 aliphatic rings. The van der Waals surface area contributed by atoms with Gasteiger partial charge < -0.3 is 10.2 Å². The second kappa shape index (κ2) is 14.1. The number of benzene rings is 4. The highest BCUT2D eigenvalue weighted by molar-refractivity contribution is 7.92. The number of anilines is 1. The summed E-state index contributed by atoms with van der Waals surface area (Å²) in [5.41, 5.74) is -0.651. The van der Waals surface area contributed by atoms with E-state index >= 15 is 0 Å². The lowest BCUT2D eigenvalue weighted by atomic mass is 10.0. The van der Waals surface area contributed by atoms with Gasteiger partial charge in [-0.25, -0.2) is 12.8 Å². The number of likely N-dealkylation sites (N-methyl/N-ethyl adjacent to an activating group) is 1. The molecular weight excluding hydrogens is 634 g/mol. The van der Waals surface area contributed by atoms with Gasteiger partial charge in [-0.1, -0.05) is 72.3 Å². The van der Waals surface area contributed by atoms with Crippen molar-refractivity contribution in [3.8, 4) is 0 Å². The van der Waals surface area contributed by atoms with Crippen molar-refractivity contribution in [3.63, 3.8) is 0 Å². The van der Waals surface area contributed by atoms with Crippen LogP contribution in [0.25, 0.3) is 0 Å². The first-order valence-corrected chi connectivity index (χ1v) is 15.4. The number of nitrogens with one attached hydrogen (secondary N) is 1. The van der Waals surface area contributed by atoms with E-state index in [1.807, 2.05) is 0 Å². The zero-order chi connectivity index (χ0) is 32.8. The number of sulfonamides is 1. The zero-order valence-electron chi connectivity index (χ0n) is 23.8. The number of nitrogens with zero attached hydrogens (tertiary/aromatic N) is 2. The highest BCUT2D eigenvalue weighted by Crippen LogP contribution is 2.38. The van der Waals surface area contributed by atoms with Crippen molar-refractivity contribution >= 4 is 39.1 Å². The summed E-state index contributed by atoms with van der Waals surface area (Å²) in [4.78, 5) is 28.3. The molecule has 4 rings (SSSR count). The normalized spacial score (nSPS) is 12.3. The van der Waals surface area contributed by atoms with Gasteiger partial charge in [0.25, 0.3) is 10.0 Å². The molecule has 236 valence electrons. The van der Waals surface area contributed by atoms with Gasteiger partial charge in [0.2, 0.25) is 11.8 Å². The number of hydrogen-bond acceptors (Lipinski definition) is 4. The van der Waals surface area contributed by atoms with E-state index < -0.39 is 62.7 Å². The first kappa shape index (κ1) is 33.5. The van der Waals surface area contributed by atoms with Crippen LogP contribution in [0.4, 0.5) is 23.2 Å². The van der Waals surface area contributed by atoms with Gasteiger partial charge in [0.1, 0.15) is 18.4 Å². The SMILES string of the molecule is CNC(=O)C(Cc1ccccc1)N(Cc1ccc(F)cc1)C(=O)CN(c1ccc(Cl)c(C(F)(F)F)c1)S(=O)(=O)c1ccccc1. The minimum atomic E-state index is -4.92. The van der Waals surface area contributed by atoms with Gasteiger partial charge in [-0.05, 0) is 53.6 Å². The Bertz CT molecular complexity index is 1740. The molecule has 4 aromatic rings. The van der Waals surface area contributed by atoms with Crippen LogP contribution in [-0.4, -0.2) is 44.8 Å². The molecule has 1 N–H and O–H groups in total. The molecule has 1 unspecified atom stereocenters. The van der Waals surface area contributed by atoms with Crippen LogP contribution in [0.2, 0.25) is 5.02 Å². The minimum Gasteiger partial charge on any atom is -0.357 e. The first-order chi connectivity index (χ1) is 21.3. The summed E-state index contributed by atoms with van der Waals surface area (Å²) < 4.78 is 83.5. The van der Waals surface area contributed by atoms with Gasteiger partial charge in [-0.2, -0.15) is 13.2 Å². The van der Waals surface area contributed by atoms with Crippen molar-refractivity contribution < 1.29 is 35.6 Å². The van der Waals surface area contributed by atoms with Crippen LogP contribution in [0.1, 0.15) is 16.7 Å². The Morgan fingerprint density at radius 1 is 0.867 bits per heavy atom. The van der Waals surface area contributed by atoms with E-state index in [-0.39, 0.29) is 17.9 Å². The van der Waals surface area contributed by atoms with E-state index in [0.29, 0.717) is 21.5 Å². The summed E-state index contributed by atoms with van der Waals surface area (Å²) in [5.74, 6) is -2.00. The standard InChI is InChI=1S/C32H28ClF4N3O4S/c1-38-31(42)29(18-22-8-4-2-5-9-22)39(20-23-12-14-24(34)15-13-23)30(41)21-40(45(43,44)26-10-6-3-7-11-26)25-16-17-28(33)27(19-25)32(35,36)37/h2-17,19,29H,18,20-21H2,1H3,(H,38,42). The number of rotatable bonds is 11. The zero-order valence-corrected chi connectivity index (χ0v) is 25.4. The van der Waals surface area contributed by atoms with Crippen LogP contribution >= 0.6 is 11.6 Å². The highest BCUT2D eigenvalue weighted by atomic mass is 35.5. The lowest BCUT2D eigenvalue weighted by Gasteiger charge is -2.33. The molecular formula is C32H28ClF4N3O4S. The lowest BCUT2D eigenvalue weighted by Crippen LogP contribution is -2.53. The van der Waals surface area contributed by atoms with Crippen molar-refractivity contribution in [2.24, 2.45) is 0 Å². The average Bonchev–Trinajstić information content (AvgIpc) is 3.02. The predicted molar refractivity (Wildman–Crippen MR) is 162 cm³/mol. The van der Waals surface area contributed by atoms with Gasteiger partial charge in [0.05, 0.1) is 21.2 Å². The smallest absolute Gasteiger partial charge is 0.357 e. The summed E-state index contributed by atoms with van der Waals surface area (Å²) in [7, 11) is -3.25. The third-order valence-electron chi connectivity index (χ3n) is 6.94. The van der Waals surface area contributed by atoms with Crippen molar-refractivity contribution in [2.45, 2.75) is 30.1 Å². The van der Waals surface area contributed by atoms with E-state index in [1.165, 1.54) is 55.6 Å². The molecule has 4 aromatic carbocycles. The molecule has 0 spiro atoms. The first-order valence-electron chi connectivity index (χ1n) is 13.5. The molecule has 1 atom stereocenters. The third-order valence-corrected chi connectivity index (χ3v) is 9.05. The van der Waals surface area contributed by atoms with Gasteiger partial charge in [-0.3, -0.25) is 13.9 Å². The quantitative estimate of drug-likeness (QED) is 0.198. The number of alkyl halides is 3. The molecule has 0 aliphatic carbocycles. The summed E-state index contributed by atoms with van der Waals surface area (Å²) >= 11 is 5.81. The summed E-state index contributed by atoms with van der Waals surface area (Å²) in [6, 6.07) is 22.2. The maximum absolute atomic E-state index is 14.2. The van der Waals surface area contributed by atoms with Crippen LogP contribution < -0.4 is 9.62 Å².